The van der Waals surface area contributed by atoms with Gasteiger partial charge in [-0.2, -0.15) is 0 Å². The van der Waals surface area contributed by atoms with Gasteiger partial charge < -0.3 is 0 Å². The molecule has 0 amide bonds. The molecule has 2 aliphatic heterocycles. The summed E-state index contributed by atoms with van der Waals surface area (Å²) in [5, 5.41) is 0. The lowest BCUT2D eigenvalue weighted by molar-refractivity contribution is -0.136. The highest BCUT2D eigenvalue weighted by Crippen LogP contribution is 2.46. The number of hydrogen-bond donors (Lipinski definition) is 0. The van der Waals surface area contributed by atoms with Crippen molar-refractivity contribution in [1.82, 2.24) is 4.90 Å². The number of carbonyl (C=O) groups is 1. The number of piperidine rings is 2. The maximum Gasteiger partial charge on any atom is 0.136 e. The van der Waals surface area contributed by atoms with E-state index in [1.54, 1.807) is 0 Å². The fourth-order valence-corrected chi connectivity index (χ4v) is 4.00. The van der Waals surface area contributed by atoms with Gasteiger partial charge in [0.05, 0.1) is 0 Å². The third kappa shape index (κ3) is 1.45. The Balaban J connectivity index is 1.85. The van der Waals surface area contributed by atoms with Crippen LogP contribution in [-0.4, -0.2) is 28.3 Å². The van der Waals surface area contributed by atoms with Crippen molar-refractivity contribution in [3.8, 4) is 0 Å². The molecule has 84 valence electrons. The van der Waals surface area contributed by atoms with Crippen LogP contribution in [0.25, 0.3) is 0 Å². The Kier molecular flexibility index (Phi) is 2.17. The number of rotatable bonds is 1. The summed E-state index contributed by atoms with van der Waals surface area (Å²) in [6.07, 6.45) is 9.64. The fraction of sp³-hybridized carbons (Fsp3) is 0.923. The lowest BCUT2D eigenvalue weighted by Gasteiger charge is -2.58. The average molecular weight is 207 g/mol. The number of nitrogens with zero attached hydrogens (tertiary/aromatic N) is 1. The van der Waals surface area contributed by atoms with Crippen LogP contribution in [0.4, 0.5) is 0 Å². The van der Waals surface area contributed by atoms with Gasteiger partial charge in [0, 0.05) is 30.5 Å². The van der Waals surface area contributed by atoms with Crippen molar-refractivity contribution in [2.75, 3.05) is 0 Å². The van der Waals surface area contributed by atoms with E-state index in [0.717, 1.165) is 12.8 Å². The van der Waals surface area contributed by atoms with Crippen molar-refractivity contribution in [1.29, 1.82) is 0 Å². The summed E-state index contributed by atoms with van der Waals surface area (Å²) < 4.78 is 0. The van der Waals surface area contributed by atoms with Crippen LogP contribution in [0.2, 0.25) is 0 Å². The third-order valence-electron chi connectivity index (χ3n) is 4.84. The van der Waals surface area contributed by atoms with E-state index in [1.807, 2.05) is 0 Å². The smallest absolute Gasteiger partial charge is 0.136 e. The van der Waals surface area contributed by atoms with Gasteiger partial charge in [0.1, 0.15) is 5.78 Å². The van der Waals surface area contributed by atoms with E-state index in [9.17, 15) is 4.79 Å². The number of fused-ring (bicyclic) bond motifs is 2. The maximum absolute atomic E-state index is 11.6. The molecular formula is C13H21NO. The Morgan fingerprint density at radius 2 is 1.73 bits per heavy atom. The van der Waals surface area contributed by atoms with E-state index in [0.29, 0.717) is 23.4 Å². The molecule has 3 aliphatic rings. The Morgan fingerprint density at radius 3 is 2.20 bits per heavy atom. The minimum absolute atomic E-state index is 0.455. The molecule has 1 saturated carbocycles. The third-order valence-corrected chi connectivity index (χ3v) is 4.84. The second kappa shape index (κ2) is 3.31. The zero-order valence-electron chi connectivity index (χ0n) is 9.67. The SMILES string of the molecule is CC1(N2C3CCCC2CC(=O)C3)CCC1. The molecule has 15 heavy (non-hydrogen) atoms. The van der Waals surface area contributed by atoms with Crippen molar-refractivity contribution in [3.63, 3.8) is 0 Å². The van der Waals surface area contributed by atoms with Crippen LogP contribution in [0.15, 0.2) is 0 Å². The predicted molar refractivity (Wildman–Crippen MR) is 59.8 cm³/mol. The van der Waals surface area contributed by atoms with E-state index in [1.165, 1.54) is 38.5 Å². The van der Waals surface area contributed by atoms with Crippen LogP contribution in [0.1, 0.15) is 58.3 Å². The zero-order valence-corrected chi connectivity index (χ0v) is 9.67. The minimum Gasteiger partial charge on any atom is -0.300 e. The highest BCUT2D eigenvalue weighted by molar-refractivity contribution is 5.80. The molecule has 0 aromatic rings. The summed E-state index contributed by atoms with van der Waals surface area (Å²) in [7, 11) is 0. The summed E-state index contributed by atoms with van der Waals surface area (Å²) in [5.74, 6) is 0.517. The highest BCUT2D eigenvalue weighted by atomic mass is 16.1. The molecule has 2 heteroatoms. The summed E-state index contributed by atoms with van der Waals surface area (Å²) in [6, 6.07) is 1.19. The number of hydrogen-bond acceptors (Lipinski definition) is 2. The lowest BCUT2D eigenvalue weighted by Crippen LogP contribution is -2.64. The van der Waals surface area contributed by atoms with Crippen molar-refractivity contribution in [2.24, 2.45) is 0 Å². The molecule has 2 atom stereocenters. The monoisotopic (exact) mass is 207 g/mol. The molecule has 2 saturated heterocycles. The van der Waals surface area contributed by atoms with E-state index >= 15 is 0 Å². The maximum atomic E-state index is 11.6. The van der Waals surface area contributed by atoms with Gasteiger partial charge >= 0.3 is 0 Å². The van der Waals surface area contributed by atoms with Crippen molar-refractivity contribution in [2.45, 2.75) is 75.9 Å². The molecule has 0 N–H and O–H groups in total. The van der Waals surface area contributed by atoms with Gasteiger partial charge in [-0.25, -0.2) is 0 Å². The summed E-state index contributed by atoms with van der Waals surface area (Å²) in [4.78, 5) is 14.4. The first-order valence-corrected chi connectivity index (χ1v) is 6.49. The molecule has 3 fully saturated rings. The summed E-state index contributed by atoms with van der Waals surface area (Å²) in [6.45, 7) is 2.41. The second-order valence-corrected chi connectivity index (χ2v) is 5.94. The molecule has 0 spiro atoms. The van der Waals surface area contributed by atoms with E-state index < -0.39 is 0 Å². The Hall–Kier alpha value is -0.370. The van der Waals surface area contributed by atoms with Crippen LogP contribution in [0.5, 0.6) is 0 Å². The van der Waals surface area contributed by atoms with Gasteiger partial charge in [-0.1, -0.05) is 6.42 Å². The van der Waals surface area contributed by atoms with E-state index in [4.69, 9.17) is 0 Å². The molecule has 0 radical (unpaired) electrons. The van der Waals surface area contributed by atoms with Crippen molar-refractivity contribution < 1.29 is 4.79 Å². The predicted octanol–water partition coefficient (Wildman–Crippen LogP) is 2.52. The second-order valence-electron chi connectivity index (χ2n) is 5.94. The molecular weight excluding hydrogens is 186 g/mol. The molecule has 2 bridgehead atoms. The molecule has 2 nitrogen and oxygen atoms in total. The van der Waals surface area contributed by atoms with Crippen LogP contribution in [0.3, 0.4) is 0 Å². The van der Waals surface area contributed by atoms with Gasteiger partial charge in [0.2, 0.25) is 0 Å². The van der Waals surface area contributed by atoms with Crippen molar-refractivity contribution >= 4 is 5.78 Å². The molecule has 0 aromatic heterocycles. The molecule has 3 rings (SSSR count). The summed E-state index contributed by atoms with van der Waals surface area (Å²) in [5.41, 5.74) is 0.455. The fourth-order valence-electron chi connectivity index (χ4n) is 4.00. The van der Waals surface area contributed by atoms with E-state index in [2.05, 4.69) is 11.8 Å². The van der Waals surface area contributed by atoms with Crippen LogP contribution < -0.4 is 0 Å². The standard InChI is InChI=1S/C13H21NO/c1-13(6-3-7-13)14-10-4-2-5-11(14)9-12(15)8-10/h10-11H,2-9H2,1H3. The topological polar surface area (TPSA) is 20.3 Å². The normalized spacial score (nSPS) is 39.9. The largest absolute Gasteiger partial charge is 0.300 e. The summed E-state index contributed by atoms with van der Waals surface area (Å²) >= 11 is 0. The first kappa shape index (κ1) is 9.83. The average Bonchev–Trinajstić information content (AvgIpc) is 2.13. The first-order valence-electron chi connectivity index (χ1n) is 6.49. The van der Waals surface area contributed by atoms with Crippen molar-refractivity contribution in [3.05, 3.63) is 0 Å². The molecule has 2 heterocycles. The Labute approximate surface area is 92.0 Å². The van der Waals surface area contributed by atoms with Crippen LogP contribution in [-0.2, 0) is 4.79 Å². The highest BCUT2D eigenvalue weighted by Gasteiger charge is 2.48. The molecule has 2 unspecified atom stereocenters. The van der Waals surface area contributed by atoms with E-state index in [-0.39, 0.29) is 0 Å². The Bertz CT molecular complexity index is 266. The number of carbonyl (C=O) groups excluding carboxylic acids is 1. The van der Waals surface area contributed by atoms with Gasteiger partial charge in [-0.15, -0.1) is 0 Å². The molecule has 1 aliphatic carbocycles. The van der Waals surface area contributed by atoms with Crippen LogP contribution >= 0.6 is 0 Å². The first-order chi connectivity index (χ1) is 7.19. The van der Waals surface area contributed by atoms with Gasteiger partial charge in [-0.3, -0.25) is 9.69 Å². The lowest BCUT2D eigenvalue weighted by atomic mass is 9.71. The Morgan fingerprint density at radius 1 is 1.13 bits per heavy atom. The minimum atomic E-state index is 0.455. The number of Topliss-reactive ketones (excluding diaryl/α,β-unsaturated/α-hetero) is 1. The zero-order chi connectivity index (χ0) is 10.5. The van der Waals surface area contributed by atoms with Gasteiger partial charge in [0.15, 0.2) is 0 Å². The molecule has 0 aromatic carbocycles. The van der Waals surface area contributed by atoms with Gasteiger partial charge in [0.25, 0.3) is 0 Å². The number of ketones is 1. The quantitative estimate of drug-likeness (QED) is 0.658. The van der Waals surface area contributed by atoms with Gasteiger partial charge in [-0.05, 0) is 39.0 Å². The van der Waals surface area contributed by atoms with Crippen LogP contribution in [0, 0.1) is 0 Å².